The number of hydrogen-bond donors (Lipinski definition) is 3. The highest BCUT2D eigenvalue weighted by Crippen LogP contribution is 2.25. The van der Waals surface area contributed by atoms with E-state index in [4.69, 9.17) is 0 Å². The first kappa shape index (κ1) is 12.9. The predicted molar refractivity (Wildman–Crippen MR) is 72.9 cm³/mol. The van der Waals surface area contributed by atoms with E-state index in [1.54, 1.807) is 6.07 Å². The van der Waals surface area contributed by atoms with Crippen molar-refractivity contribution in [2.24, 2.45) is 0 Å². The summed E-state index contributed by atoms with van der Waals surface area (Å²) in [6.45, 7) is 2.64. The van der Waals surface area contributed by atoms with E-state index >= 15 is 0 Å². The standard InChI is InChI=1S/C13H16N2O2S/c1-2-11(10-5-3-4-6-12(10)16)14-7-9-8-18-13(17)15-9/h3-6,8,11,14,16H,2,7H2,1H3,(H,15,17). The van der Waals surface area contributed by atoms with E-state index in [1.165, 1.54) is 0 Å². The molecule has 5 heteroatoms. The zero-order chi connectivity index (χ0) is 13.0. The molecular formula is C13H16N2O2S. The summed E-state index contributed by atoms with van der Waals surface area (Å²) in [5.74, 6) is 0.302. The van der Waals surface area contributed by atoms with Crippen molar-refractivity contribution in [1.29, 1.82) is 0 Å². The van der Waals surface area contributed by atoms with Gasteiger partial charge in [0, 0.05) is 29.2 Å². The maximum Gasteiger partial charge on any atom is 0.304 e. The maximum atomic E-state index is 11.0. The average molecular weight is 264 g/mol. The summed E-state index contributed by atoms with van der Waals surface area (Å²) < 4.78 is 0. The number of nitrogens with one attached hydrogen (secondary N) is 2. The van der Waals surface area contributed by atoms with Crippen molar-refractivity contribution >= 4 is 11.3 Å². The van der Waals surface area contributed by atoms with E-state index in [1.807, 2.05) is 23.6 Å². The van der Waals surface area contributed by atoms with Crippen LogP contribution in [0.25, 0.3) is 0 Å². The Balaban J connectivity index is 2.06. The van der Waals surface area contributed by atoms with E-state index in [9.17, 15) is 9.90 Å². The highest BCUT2D eigenvalue weighted by atomic mass is 32.1. The van der Waals surface area contributed by atoms with Crippen LogP contribution in [-0.4, -0.2) is 10.1 Å². The van der Waals surface area contributed by atoms with Crippen molar-refractivity contribution in [3.05, 3.63) is 50.6 Å². The minimum Gasteiger partial charge on any atom is -0.508 e. The first-order valence-corrected chi connectivity index (χ1v) is 6.76. The third kappa shape index (κ3) is 3.00. The number of H-pyrrole nitrogens is 1. The molecule has 3 N–H and O–H groups in total. The van der Waals surface area contributed by atoms with Crippen molar-refractivity contribution < 1.29 is 5.11 Å². The van der Waals surface area contributed by atoms with Gasteiger partial charge in [-0.25, -0.2) is 0 Å². The van der Waals surface area contributed by atoms with Gasteiger partial charge < -0.3 is 15.4 Å². The third-order valence-corrected chi connectivity index (χ3v) is 3.55. The van der Waals surface area contributed by atoms with E-state index < -0.39 is 0 Å². The average Bonchev–Trinajstić information content (AvgIpc) is 2.78. The monoisotopic (exact) mass is 264 g/mol. The first-order valence-electron chi connectivity index (χ1n) is 5.88. The Morgan fingerprint density at radius 3 is 2.83 bits per heavy atom. The second-order valence-electron chi connectivity index (χ2n) is 4.07. The van der Waals surface area contributed by atoms with Gasteiger partial charge in [-0.2, -0.15) is 0 Å². The number of phenolic OH excluding ortho intramolecular Hbond substituents is 1. The number of benzene rings is 1. The number of hydrogen-bond acceptors (Lipinski definition) is 4. The molecule has 1 atom stereocenters. The normalized spacial score (nSPS) is 12.5. The van der Waals surface area contributed by atoms with Crippen molar-refractivity contribution in [2.45, 2.75) is 25.9 Å². The zero-order valence-corrected chi connectivity index (χ0v) is 11.0. The molecule has 1 unspecified atom stereocenters. The Labute approximate surface area is 109 Å². The minimum atomic E-state index is -0.0394. The SMILES string of the molecule is CCC(NCc1csc(=O)[nH]1)c1ccccc1O. The lowest BCUT2D eigenvalue weighted by Gasteiger charge is -2.18. The molecular weight excluding hydrogens is 248 g/mol. The van der Waals surface area contributed by atoms with Crippen molar-refractivity contribution in [3.8, 4) is 5.75 Å². The zero-order valence-electron chi connectivity index (χ0n) is 10.1. The van der Waals surface area contributed by atoms with Gasteiger partial charge in [0.15, 0.2) is 0 Å². The Hall–Kier alpha value is -1.59. The Kier molecular flexibility index (Phi) is 4.17. The fraction of sp³-hybridized carbons (Fsp3) is 0.308. The van der Waals surface area contributed by atoms with Gasteiger partial charge in [0.05, 0.1) is 0 Å². The van der Waals surface area contributed by atoms with Crippen LogP contribution in [0.15, 0.2) is 34.4 Å². The molecule has 0 aliphatic rings. The van der Waals surface area contributed by atoms with E-state index in [-0.39, 0.29) is 10.9 Å². The summed E-state index contributed by atoms with van der Waals surface area (Å²) >= 11 is 1.16. The minimum absolute atomic E-state index is 0.0394. The van der Waals surface area contributed by atoms with Crippen LogP contribution in [0.3, 0.4) is 0 Å². The second kappa shape index (κ2) is 5.84. The first-order chi connectivity index (χ1) is 8.70. The van der Waals surface area contributed by atoms with Gasteiger partial charge in [0.1, 0.15) is 5.75 Å². The molecule has 2 rings (SSSR count). The maximum absolute atomic E-state index is 11.0. The molecule has 0 saturated carbocycles. The van der Waals surface area contributed by atoms with Crippen LogP contribution in [0.2, 0.25) is 0 Å². The third-order valence-electron chi connectivity index (χ3n) is 2.83. The number of aromatic nitrogens is 1. The van der Waals surface area contributed by atoms with Gasteiger partial charge >= 0.3 is 4.87 Å². The Morgan fingerprint density at radius 2 is 2.22 bits per heavy atom. The topological polar surface area (TPSA) is 65.1 Å². The highest BCUT2D eigenvalue weighted by Gasteiger charge is 2.12. The highest BCUT2D eigenvalue weighted by molar-refractivity contribution is 7.07. The van der Waals surface area contributed by atoms with Gasteiger partial charge in [-0.1, -0.05) is 36.5 Å². The summed E-state index contributed by atoms with van der Waals surface area (Å²) in [5, 5.41) is 15.0. The lowest BCUT2D eigenvalue weighted by molar-refractivity contribution is 0.440. The molecule has 0 saturated heterocycles. The number of para-hydroxylation sites is 1. The van der Waals surface area contributed by atoms with Crippen LogP contribution >= 0.6 is 11.3 Å². The summed E-state index contributed by atoms with van der Waals surface area (Å²) in [6.07, 6.45) is 0.867. The fourth-order valence-electron chi connectivity index (χ4n) is 1.89. The summed E-state index contributed by atoms with van der Waals surface area (Å²) in [4.78, 5) is 13.7. The van der Waals surface area contributed by atoms with Crippen LogP contribution in [0, 0.1) is 0 Å². The van der Waals surface area contributed by atoms with Gasteiger partial charge in [-0.3, -0.25) is 4.79 Å². The smallest absolute Gasteiger partial charge is 0.304 e. The molecule has 1 aromatic heterocycles. The van der Waals surface area contributed by atoms with Crippen LogP contribution in [-0.2, 0) is 6.54 Å². The molecule has 0 fully saturated rings. The Bertz CT molecular complexity index is 562. The number of phenols is 1. The number of aromatic hydroxyl groups is 1. The number of thiazole rings is 1. The molecule has 0 radical (unpaired) electrons. The molecule has 0 aliphatic heterocycles. The van der Waals surface area contributed by atoms with E-state index in [0.717, 1.165) is 29.0 Å². The van der Waals surface area contributed by atoms with Crippen molar-refractivity contribution in [1.82, 2.24) is 10.3 Å². The molecule has 0 spiro atoms. The van der Waals surface area contributed by atoms with Crippen molar-refractivity contribution in [2.75, 3.05) is 0 Å². The van der Waals surface area contributed by atoms with Gasteiger partial charge in [-0.05, 0) is 12.5 Å². The van der Waals surface area contributed by atoms with Gasteiger partial charge in [0.25, 0.3) is 0 Å². The molecule has 2 aromatic rings. The summed E-state index contributed by atoms with van der Waals surface area (Å²) in [7, 11) is 0. The van der Waals surface area contributed by atoms with Crippen molar-refractivity contribution in [3.63, 3.8) is 0 Å². The molecule has 4 nitrogen and oxygen atoms in total. The number of aromatic amines is 1. The van der Waals surface area contributed by atoms with Crippen LogP contribution in [0.4, 0.5) is 0 Å². The largest absolute Gasteiger partial charge is 0.508 e. The van der Waals surface area contributed by atoms with Gasteiger partial charge in [0.2, 0.25) is 0 Å². The predicted octanol–water partition coefficient (Wildman–Crippen LogP) is 2.38. The molecule has 1 heterocycles. The summed E-state index contributed by atoms with van der Waals surface area (Å²) in [6, 6.07) is 7.39. The fourth-order valence-corrected chi connectivity index (χ4v) is 2.47. The quantitative estimate of drug-likeness (QED) is 0.777. The lowest BCUT2D eigenvalue weighted by atomic mass is 10.0. The van der Waals surface area contributed by atoms with Crippen LogP contribution in [0.1, 0.15) is 30.6 Å². The molecule has 0 amide bonds. The molecule has 0 aliphatic carbocycles. The lowest BCUT2D eigenvalue weighted by Crippen LogP contribution is -2.20. The Morgan fingerprint density at radius 1 is 1.44 bits per heavy atom. The summed E-state index contributed by atoms with van der Waals surface area (Å²) in [5.41, 5.74) is 1.76. The molecule has 96 valence electrons. The van der Waals surface area contributed by atoms with Crippen LogP contribution < -0.4 is 10.2 Å². The molecule has 1 aromatic carbocycles. The molecule has 18 heavy (non-hydrogen) atoms. The van der Waals surface area contributed by atoms with Gasteiger partial charge in [-0.15, -0.1) is 0 Å². The molecule has 0 bridgehead atoms. The van der Waals surface area contributed by atoms with E-state index in [2.05, 4.69) is 17.2 Å². The van der Waals surface area contributed by atoms with E-state index in [0.29, 0.717) is 12.3 Å². The second-order valence-corrected chi connectivity index (χ2v) is 4.92. The van der Waals surface area contributed by atoms with Crippen LogP contribution in [0.5, 0.6) is 5.75 Å². The number of rotatable bonds is 5.